The van der Waals surface area contributed by atoms with Gasteiger partial charge in [0.1, 0.15) is 0 Å². The lowest BCUT2D eigenvalue weighted by atomic mass is 10.1. The largest absolute Gasteiger partial charge is 0.396 e. The standard InChI is InChI=1S/C13H19NO2S/c1-10-6-11(2)8-12(7-10)14-13(16)9-17-5-3-4-15/h6-8,15H,3-5,9H2,1-2H3,(H,14,16). The number of rotatable bonds is 6. The van der Waals surface area contributed by atoms with Gasteiger partial charge in [0.05, 0.1) is 5.75 Å². The Morgan fingerprint density at radius 3 is 2.53 bits per heavy atom. The lowest BCUT2D eigenvalue weighted by molar-refractivity contribution is -0.113. The Labute approximate surface area is 107 Å². The van der Waals surface area contributed by atoms with Gasteiger partial charge in [-0.25, -0.2) is 0 Å². The van der Waals surface area contributed by atoms with Crippen LogP contribution in [0.5, 0.6) is 0 Å². The highest BCUT2D eigenvalue weighted by molar-refractivity contribution is 7.99. The summed E-state index contributed by atoms with van der Waals surface area (Å²) in [5, 5.41) is 11.5. The van der Waals surface area contributed by atoms with Crippen molar-refractivity contribution in [3.63, 3.8) is 0 Å². The Kier molecular flexibility index (Phi) is 6.08. The second-order valence-corrected chi connectivity index (χ2v) is 5.16. The molecule has 0 bridgehead atoms. The first-order chi connectivity index (χ1) is 8.11. The summed E-state index contributed by atoms with van der Waals surface area (Å²) in [7, 11) is 0. The van der Waals surface area contributed by atoms with Crippen LogP contribution in [0.3, 0.4) is 0 Å². The predicted octanol–water partition coefficient (Wildman–Crippen LogP) is 2.36. The molecule has 0 aromatic heterocycles. The zero-order valence-corrected chi connectivity index (χ0v) is 11.1. The quantitative estimate of drug-likeness (QED) is 0.765. The van der Waals surface area contributed by atoms with Crippen molar-refractivity contribution in [1.29, 1.82) is 0 Å². The average molecular weight is 253 g/mol. The van der Waals surface area contributed by atoms with Crippen molar-refractivity contribution in [2.75, 3.05) is 23.4 Å². The van der Waals surface area contributed by atoms with Crippen LogP contribution >= 0.6 is 11.8 Å². The highest BCUT2D eigenvalue weighted by Gasteiger charge is 2.03. The number of carbonyl (C=O) groups excluding carboxylic acids is 1. The lowest BCUT2D eigenvalue weighted by Crippen LogP contribution is -2.14. The van der Waals surface area contributed by atoms with Gasteiger partial charge >= 0.3 is 0 Å². The van der Waals surface area contributed by atoms with Crippen LogP contribution in [0.1, 0.15) is 17.5 Å². The molecule has 1 rings (SSSR count). The molecule has 0 spiro atoms. The number of hydrogen-bond donors (Lipinski definition) is 2. The van der Waals surface area contributed by atoms with Crippen molar-refractivity contribution >= 4 is 23.4 Å². The van der Waals surface area contributed by atoms with Crippen molar-refractivity contribution in [1.82, 2.24) is 0 Å². The molecule has 0 fully saturated rings. The SMILES string of the molecule is Cc1cc(C)cc(NC(=O)CSCCCO)c1. The van der Waals surface area contributed by atoms with E-state index in [0.717, 1.165) is 29.0 Å². The fourth-order valence-corrected chi connectivity index (χ4v) is 2.31. The van der Waals surface area contributed by atoms with Gasteiger partial charge in [-0.15, -0.1) is 0 Å². The summed E-state index contributed by atoms with van der Waals surface area (Å²) in [5.41, 5.74) is 3.15. The number of nitrogens with one attached hydrogen (secondary N) is 1. The molecule has 3 nitrogen and oxygen atoms in total. The molecule has 0 aliphatic rings. The van der Waals surface area contributed by atoms with E-state index in [-0.39, 0.29) is 12.5 Å². The Morgan fingerprint density at radius 2 is 1.94 bits per heavy atom. The van der Waals surface area contributed by atoms with Crippen molar-refractivity contribution in [3.05, 3.63) is 29.3 Å². The molecule has 4 heteroatoms. The molecule has 1 aromatic rings. The highest BCUT2D eigenvalue weighted by atomic mass is 32.2. The van der Waals surface area contributed by atoms with Crippen molar-refractivity contribution in [3.8, 4) is 0 Å². The molecule has 0 saturated carbocycles. The Bertz CT molecular complexity index is 359. The maximum absolute atomic E-state index is 11.6. The third kappa shape index (κ3) is 5.75. The number of aliphatic hydroxyl groups excluding tert-OH is 1. The van der Waals surface area contributed by atoms with Gasteiger partial charge < -0.3 is 10.4 Å². The summed E-state index contributed by atoms with van der Waals surface area (Å²) < 4.78 is 0. The zero-order valence-electron chi connectivity index (χ0n) is 10.3. The van der Waals surface area contributed by atoms with Gasteiger partial charge in [-0.3, -0.25) is 4.79 Å². The van der Waals surface area contributed by atoms with Gasteiger partial charge in [-0.05, 0) is 49.3 Å². The van der Waals surface area contributed by atoms with Gasteiger partial charge in [-0.2, -0.15) is 11.8 Å². The fraction of sp³-hybridized carbons (Fsp3) is 0.462. The van der Waals surface area contributed by atoms with Crippen LogP contribution in [0.2, 0.25) is 0 Å². The Morgan fingerprint density at radius 1 is 1.29 bits per heavy atom. The van der Waals surface area contributed by atoms with E-state index < -0.39 is 0 Å². The third-order valence-electron chi connectivity index (χ3n) is 2.19. The van der Waals surface area contributed by atoms with E-state index >= 15 is 0 Å². The van der Waals surface area contributed by atoms with Crippen LogP contribution in [0.4, 0.5) is 5.69 Å². The summed E-state index contributed by atoms with van der Waals surface area (Å²) >= 11 is 1.54. The van der Waals surface area contributed by atoms with Crippen LogP contribution < -0.4 is 5.32 Å². The molecule has 0 atom stereocenters. The first-order valence-electron chi connectivity index (χ1n) is 5.68. The minimum Gasteiger partial charge on any atom is -0.396 e. The average Bonchev–Trinajstić information content (AvgIpc) is 2.23. The van der Waals surface area contributed by atoms with Gasteiger partial charge in [0, 0.05) is 12.3 Å². The minimum atomic E-state index is 0.0120. The molecule has 0 radical (unpaired) electrons. The smallest absolute Gasteiger partial charge is 0.234 e. The van der Waals surface area contributed by atoms with Gasteiger partial charge in [0.2, 0.25) is 5.91 Å². The number of aryl methyl sites for hydroxylation is 2. The molecule has 0 aliphatic carbocycles. The molecule has 17 heavy (non-hydrogen) atoms. The number of carbonyl (C=O) groups is 1. The van der Waals surface area contributed by atoms with Crippen LogP contribution in [-0.2, 0) is 4.79 Å². The fourth-order valence-electron chi connectivity index (χ4n) is 1.58. The second kappa shape index (κ2) is 7.35. The van der Waals surface area contributed by atoms with Crippen molar-refractivity contribution in [2.45, 2.75) is 20.3 Å². The van der Waals surface area contributed by atoms with E-state index in [1.807, 2.05) is 26.0 Å². The highest BCUT2D eigenvalue weighted by Crippen LogP contribution is 2.14. The first-order valence-corrected chi connectivity index (χ1v) is 6.84. The molecule has 2 N–H and O–H groups in total. The number of aliphatic hydroxyl groups is 1. The summed E-state index contributed by atoms with van der Waals surface area (Å²) in [6, 6.07) is 6.00. The second-order valence-electron chi connectivity index (χ2n) is 4.05. The molecule has 0 unspecified atom stereocenters. The Balaban J connectivity index is 2.39. The maximum atomic E-state index is 11.6. The lowest BCUT2D eigenvalue weighted by Gasteiger charge is -2.07. The van der Waals surface area contributed by atoms with Gasteiger partial charge in [0.15, 0.2) is 0 Å². The summed E-state index contributed by atoms with van der Waals surface area (Å²) in [6.45, 7) is 4.21. The molecular formula is C13H19NO2S. The van der Waals surface area contributed by atoms with Gasteiger partial charge in [-0.1, -0.05) is 6.07 Å². The van der Waals surface area contributed by atoms with Crippen molar-refractivity contribution in [2.24, 2.45) is 0 Å². The van der Waals surface area contributed by atoms with E-state index in [1.54, 1.807) is 11.8 Å². The molecule has 0 saturated heterocycles. The van der Waals surface area contributed by atoms with Gasteiger partial charge in [0.25, 0.3) is 0 Å². The monoisotopic (exact) mass is 253 g/mol. The van der Waals surface area contributed by atoms with Crippen LogP contribution in [0.25, 0.3) is 0 Å². The predicted molar refractivity (Wildman–Crippen MR) is 73.6 cm³/mol. The number of anilines is 1. The normalized spacial score (nSPS) is 10.3. The van der Waals surface area contributed by atoms with Crippen LogP contribution in [-0.4, -0.2) is 29.1 Å². The van der Waals surface area contributed by atoms with Crippen LogP contribution in [0.15, 0.2) is 18.2 Å². The molecule has 1 aromatic carbocycles. The third-order valence-corrected chi connectivity index (χ3v) is 3.23. The molecule has 1 amide bonds. The van der Waals surface area contributed by atoms with E-state index in [9.17, 15) is 4.79 Å². The Hall–Kier alpha value is -1.00. The summed E-state index contributed by atoms with van der Waals surface area (Å²) in [6.07, 6.45) is 0.738. The number of hydrogen-bond acceptors (Lipinski definition) is 3. The molecule has 0 heterocycles. The number of amides is 1. The van der Waals surface area contributed by atoms with E-state index in [2.05, 4.69) is 11.4 Å². The maximum Gasteiger partial charge on any atom is 0.234 e. The van der Waals surface area contributed by atoms with Crippen molar-refractivity contribution < 1.29 is 9.90 Å². The summed E-state index contributed by atoms with van der Waals surface area (Å²) in [5.74, 6) is 1.27. The molecule has 0 aliphatic heterocycles. The summed E-state index contributed by atoms with van der Waals surface area (Å²) in [4.78, 5) is 11.6. The molecule has 94 valence electrons. The van der Waals surface area contributed by atoms with E-state index in [4.69, 9.17) is 5.11 Å². The molecular weight excluding hydrogens is 234 g/mol. The number of benzene rings is 1. The number of thioether (sulfide) groups is 1. The first kappa shape index (κ1) is 14.1. The topological polar surface area (TPSA) is 49.3 Å². The van der Waals surface area contributed by atoms with E-state index in [1.165, 1.54) is 0 Å². The minimum absolute atomic E-state index is 0.0120. The van der Waals surface area contributed by atoms with Crippen LogP contribution in [0, 0.1) is 13.8 Å². The van der Waals surface area contributed by atoms with E-state index in [0.29, 0.717) is 5.75 Å². The zero-order chi connectivity index (χ0) is 12.7.